The first-order valence-electron chi connectivity index (χ1n) is 6.84. The first-order valence-corrected chi connectivity index (χ1v) is 7.83. The monoisotopic (exact) mass is 313 g/mol. The van der Waals surface area contributed by atoms with E-state index in [1.807, 2.05) is 4.90 Å². The molecule has 1 atom stereocenters. The van der Waals surface area contributed by atoms with Crippen LogP contribution < -0.4 is 5.73 Å². The predicted octanol–water partition coefficient (Wildman–Crippen LogP) is 0.610. The highest BCUT2D eigenvalue weighted by molar-refractivity contribution is 7.99. The minimum absolute atomic E-state index is 0.0293. The molecule has 0 spiro atoms. The molecule has 0 bridgehead atoms. The van der Waals surface area contributed by atoms with Gasteiger partial charge in [-0.3, -0.25) is 14.2 Å². The van der Waals surface area contributed by atoms with Crippen molar-refractivity contribution in [2.75, 3.05) is 24.6 Å². The smallest absolute Gasteiger partial charge is 0.313 e. The van der Waals surface area contributed by atoms with Crippen LogP contribution in [0.15, 0.2) is 5.16 Å². The van der Waals surface area contributed by atoms with Gasteiger partial charge in [0.1, 0.15) is 6.04 Å². The largest absolute Gasteiger partial charge is 0.481 e. The number of likely N-dealkylation sites (tertiary alicyclic amines) is 1. The molecule has 1 unspecified atom stereocenters. The first-order chi connectivity index (χ1) is 10.0. The second-order valence-corrected chi connectivity index (χ2v) is 5.90. The molecule has 21 heavy (non-hydrogen) atoms. The fraction of sp³-hybridized carbons (Fsp3) is 0.667. The number of hydrogen-bond donors (Lipinski definition) is 2. The number of nitrogens with two attached hydrogens (primary N) is 1. The summed E-state index contributed by atoms with van der Waals surface area (Å²) in [5.41, 5.74) is 5.77. The quantitative estimate of drug-likeness (QED) is 0.765. The number of thioether (sulfide) groups is 1. The van der Waals surface area contributed by atoms with E-state index in [9.17, 15) is 9.59 Å². The summed E-state index contributed by atoms with van der Waals surface area (Å²) in [4.78, 5) is 25.0. The molecule has 0 aliphatic carbocycles. The summed E-state index contributed by atoms with van der Waals surface area (Å²) >= 11 is 1.01. The maximum Gasteiger partial charge on any atom is 0.313 e. The molecule has 1 aliphatic heterocycles. The van der Waals surface area contributed by atoms with Crippen molar-refractivity contribution in [3.63, 3.8) is 0 Å². The van der Waals surface area contributed by atoms with Gasteiger partial charge >= 0.3 is 5.97 Å². The summed E-state index contributed by atoms with van der Waals surface area (Å²) in [6.45, 7) is 3.24. The molecule has 0 saturated carbocycles. The lowest BCUT2D eigenvalue weighted by molar-refractivity contribution is -0.135. The standard InChI is InChI=1S/C12H19N5O3S/c1-8(10(20)16-5-3-2-4-6-16)17-11(13)14-15-12(17)21-7-9(18)19/h8H,2-7H2,1H3,(H2,13,14)(H,18,19). The number of carbonyl (C=O) groups excluding carboxylic acids is 1. The van der Waals surface area contributed by atoms with Crippen LogP contribution in [0.25, 0.3) is 0 Å². The molecular formula is C12H19N5O3S. The number of carbonyl (C=O) groups is 2. The summed E-state index contributed by atoms with van der Waals surface area (Å²) in [7, 11) is 0. The van der Waals surface area contributed by atoms with Crippen LogP contribution in [0.1, 0.15) is 32.2 Å². The van der Waals surface area contributed by atoms with Crippen molar-refractivity contribution in [2.24, 2.45) is 0 Å². The van der Waals surface area contributed by atoms with Gasteiger partial charge in [-0.15, -0.1) is 10.2 Å². The molecule has 2 heterocycles. The van der Waals surface area contributed by atoms with E-state index in [2.05, 4.69) is 10.2 Å². The highest BCUT2D eigenvalue weighted by atomic mass is 32.2. The van der Waals surface area contributed by atoms with Crippen LogP contribution >= 0.6 is 11.8 Å². The van der Waals surface area contributed by atoms with Crippen molar-refractivity contribution in [3.8, 4) is 0 Å². The number of aliphatic carboxylic acids is 1. The van der Waals surface area contributed by atoms with Crippen LogP contribution in [0.4, 0.5) is 5.95 Å². The van der Waals surface area contributed by atoms with Crippen LogP contribution in [0.2, 0.25) is 0 Å². The Kier molecular flexibility index (Phi) is 5.05. The summed E-state index contributed by atoms with van der Waals surface area (Å²) in [5, 5.41) is 16.7. The fourth-order valence-corrected chi connectivity index (χ4v) is 3.11. The number of amides is 1. The van der Waals surface area contributed by atoms with Crippen molar-refractivity contribution >= 4 is 29.6 Å². The van der Waals surface area contributed by atoms with Gasteiger partial charge in [0, 0.05) is 13.1 Å². The van der Waals surface area contributed by atoms with Crippen molar-refractivity contribution < 1.29 is 14.7 Å². The van der Waals surface area contributed by atoms with Gasteiger partial charge in [0.05, 0.1) is 5.75 Å². The maximum atomic E-state index is 12.5. The maximum absolute atomic E-state index is 12.5. The molecule has 0 aromatic carbocycles. The lowest BCUT2D eigenvalue weighted by Gasteiger charge is -2.30. The summed E-state index contributed by atoms with van der Waals surface area (Å²) < 4.78 is 1.50. The minimum atomic E-state index is -0.955. The molecule has 1 aromatic rings. The Hall–Kier alpha value is -1.77. The van der Waals surface area contributed by atoms with E-state index in [-0.39, 0.29) is 17.6 Å². The van der Waals surface area contributed by atoms with Crippen LogP contribution in [0, 0.1) is 0 Å². The van der Waals surface area contributed by atoms with Crippen molar-refractivity contribution in [3.05, 3.63) is 0 Å². The zero-order chi connectivity index (χ0) is 15.4. The third-order valence-corrected chi connectivity index (χ3v) is 4.36. The molecule has 3 N–H and O–H groups in total. The molecule has 116 valence electrons. The van der Waals surface area contributed by atoms with Gasteiger partial charge in [0.2, 0.25) is 11.9 Å². The van der Waals surface area contributed by atoms with E-state index >= 15 is 0 Å². The van der Waals surface area contributed by atoms with Crippen LogP contribution in [0.3, 0.4) is 0 Å². The van der Waals surface area contributed by atoms with E-state index < -0.39 is 12.0 Å². The minimum Gasteiger partial charge on any atom is -0.481 e. The normalized spacial score (nSPS) is 16.7. The summed E-state index contributed by atoms with van der Waals surface area (Å²) in [6.07, 6.45) is 3.17. The molecule has 1 saturated heterocycles. The Morgan fingerprint density at radius 2 is 2.00 bits per heavy atom. The number of carboxylic acids is 1. The van der Waals surface area contributed by atoms with Crippen molar-refractivity contribution in [1.82, 2.24) is 19.7 Å². The van der Waals surface area contributed by atoms with Gasteiger partial charge in [0.15, 0.2) is 5.16 Å². The average molecular weight is 313 g/mol. The number of nitrogen functional groups attached to an aromatic ring is 1. The Morgan fingerprint density at radius 3 is 2.62 bits per heavy atom. The van der Waals surface area contributed by atoms with Gasteiger partial charge < -0.3 is 15.7 Å². The highest BCUT2D eigenvalue weighted by Crippen LogP contribution is 2.25. The molecule has 9 heteroatoms. The topological polar surface area (TPSA) is 114 Å². The molecule has 8 nitrogen and oxygen atoms in total. The first kappa shape index (κ1) is 15.6. The molecule has 0 radical (unpaired) electrons. The number of nitrogens with zero attached hydrogens (tertiary/aromatic N) is 4. The second kappa shape index (κ2) is 6.79. The molecule has 1 aromatic heterocycles. The van der Waals surface area contributed by atoms with E-state index in [0.29, 0.717) is 5.16 Å². The third-order valence-electron chi connectivity index (χ3n) is 3.43. The molecule has 1 fully saturated rings. The van der Waals surface area contributed by atoms with Gasteiger partial charge in [0.25, 0.3) is 0 Å². The Labute approximate surface area is 126 Å². The SMILES string of the molecule is CC(C(=O)N1CCCCC1)n1c(N)nnc1SCC(=O)O. The van der Waals surface area contributed by atoms with Crippen LogP contribution in [0.5, 0.6) is 0 Å². The number of aromatic nitrogens is 3. The number of anilines is 1. The zero-order valence-corrected chi connectivity index (χ0v) is 12.7. The van der Waals surface area contributed by atoms with Crippen molar-refractivity contribution in [1.29, 1.82) is 0 Å². The highest BCUT2D eigenvalue weighted by Gasteiger charge is 2.27. The number of carboxylic acid groups (broad SMARTS) is 1. The number of rotatable bonds is 5. The Morgan fingerprint density at radius 1 is 1.33 bits per heavy atom. The summed E-state index contributed by atoms with van der Waals surface area (Å²) in [6, 6.07) is -0.533. The van der Waals surface area contributed by atoms with Gasteiger partial charge in [-0.05, 0) is 26.2 Å². The Balaban J connectivity index is 2.13. The van der Waals surface area contributed by atoms with Crippen LogP contribution in [-0.4, -0.2) is 55.5 Å². The van der Waals surface area contributed by atoms with Crippen molar-refractivity contribution in [2.45, 2.75) is 37.4 Å². The zero-order valence-electron chi connectivity index (χ0n) is 11.9. The predicted molar refractivity (Wildman–Crippen MR) is 77.9 cm³/mol. The second-order valence-electron chi connectivity index (χ2n) is 4.96. The molecule has 1 aliphatic rings. The molecule has 1 amide bonds. The number of hydrogen-bond acceptors (Lipinski definition) is 6. The van der Waals surface area contributed by atoms with Gasteiger partial charge in [-0.25, -0.2) is 0 Å². The van der Waals surface area contributed by atoms with E-state index in [1.54, 1.807) is 6.92 Å². The lowest BCUT2D eigenvalue weighted by atomic mass is 10.1. The Bertz CT molecular complexity index is 527. The van der Waals surface area contributed by atoms with Gasteiger partial charge in [-0.2, -0.15) is 0 Å². The lowest BCUT2D eigenvalue weighted by Crippen LogP contribution is -2.40. The van der Waals surface area contributed by atoms with Gasteiger partial charge in [-0.1, -0.05) is 11.8 Å². The average Bonchev–Trinajstić information content (AvgIpc) is 2.85. The van der Waals surface area contributed by atoms with Crippen LogP contribution in [-0.2, 0) is 9.59 Å². The van der Waals surface area contributed by atoms with E-state index in [4.69, 9.17) is 10.8 Å². The summed E-state index contributed by atoms with van der Waals surface area (Å²) in [5.74, 6) is -1.01. The fourth-order valence-electron chi connectivity index (χ4n) is 2.37. The number of piperidine rings is 1. The third kappa shape index (κ3) is 3.66. The van der Waals surface area contributed by atoms with E-state index in [0.717, 1.165) is 44.1 Å². The molecular weight excluding hydrogens is 294 g/mol. The van der Waals surface area contributed by atoms with E-state index in [1.165, 1.54) is 4.57 Å². The molecule has 2 rings (SSSR count).